The molecular weight excluding hydrogens is 432 g/mol. The van der Waals surface area contributed by atoms with E-state index in [1.165, 1.54) is 10.5 Å². The number of rotatable bonds is 4. The SMILES string of the molecule is Cc1ccc2nc(COC(=O)c3cccc4c(=O)c(C)c(-c5ccccc5)oc34)cc(=O)n2c1. The molecule has 5 rings (SSSR count). The Balaban J connectivity index is 1.51. The van der Waals surface area contributed by atoms with Gasteiger partial charge in [-0.2, -0.15) is 0 Å². The monoisotopic (exact) mass is 452 g/mol. The van der Waals surface area contributed by atoms with Gasteiger partial charge in [0.1, 0.15) is 23.6 Å². The number of esters is 1. The van der Waals surface area contributed by atoms with E-state index in [0.29, 0.717) is 28.1 Å². The van der Waals surface area contributed by atoms with Crippen LogP contribution in [0.2, 0.25) is 0 Å². The third-order valence-corrected chi connectivity index (χ3v) is 5.61. The topological polar surface area (TPSA) is 90.9 Å². The molecule has 0 unspecified atom stereocenters. The summed E-state index contributed by atoms with van der Waals surface area (Å²) in [4.78, 5) is 42.8. The fourth-order valence-electron chi connectivity index (χ4n) is 3.88. The largest absolute Gasteiger partial charge is 0.455 e. The molecule has 3 aromatic heterocycles. The van der Waals surface area contributed by atoms with Crippen molar-refractivity contribution in [2.24, 2.45) is 0 Å². The lowest BCUT2D eigenvalue weighted by molar-refractivity contribution is 0.0468. The highest BCUT2D eigenvalue weighted by Gasteiger charge is 2.19. The van der Waals surface area contributed by atoms with Crippen LogP contribution < -0.4 is 11.0 Å². The second-order valence-corrected chi connectivity index (χ2v) is 8.03. The Labute approximate surface area is 193 Å². The molecule has 0 bridgehead atoms. The fourth-order valence-corrected chi connectivity index (χ4v) is 3.88. The average Bonchev–Trinajstić information content (AvgIpc) is 2.85. The molecule has 3 heterocycles. The van der Waals surface area contributed by atoms with Crippen LogP contribution >= 0.6 is 0 Å². The maximum absolute atomic E-state index is 13.0. The molecule has 5 aromatic rings. The highest BCUT2D eigenvalue weighted by molar-refractivity contribution is 6.02. The van der Waals surface area contributed by atoms with Crippen LogP contribution in [0.3, 0.4) is 0 Å². The third kappa shape index (κ3) is 3.77. The quantitative estimate of drug-likeness (QED) is 0.375. The maximum atomic E-state index is 13.0. The van der Waals surface area contributed by atoms with E-state index < -0.39 is 5.97 Å². The van der Waals surface area contributed by atoms with Gasteiger partial charge in [0, 0.05) is 23.4 Å². The Morgan fingerprint density at radius 2 is 1.79 bits per heavy atom. The molecule has 0 saturated carbocycles. The van der Waals surface area contributed by atoms with E-state index in [1.54, 1.807) is 37.4 Å². The Bertz CT molecular complexity index is 1680. The van der Waals surface area contributed by atoms with Gasteiger partial charge in [0.05, 0.1) is 11.1 Å². The number of hydrogen-bond donors (Lipinski definition) is 0. The van der Waals surface area contributed by atoms with Crippen molar-refractivity contribution in [1.82, 2.24) is 9.38 Å². The van der Waals surface area contributed by atoms with E-state index in [1.807, 2.05) is 43.3 Å². The number of aryl methyl sites for hydroxylation is 1. The van der Waals surface area contributed by atoms with Crippen LogP contribution in [0.5, 0.6) is 0 Å². The second kappa shape index (κ2) is 8.44. The Kier molecular flexibility index (Phi) is 5.30. The molecule has 0 saturated heterocycles. The molecular formula is C27H20N2O5. The number of carbonyl (C=O) groups excluding carboxylic acids is 1. The highest BCUT2D eigenvalue weighted by atomic mass is 16.5. The molecule has 0 amide bonds. The summed E-state index contributed by atoms with van der Waals surface area (Å²) in [6, 6.07) is 18.9. The van der Waals surface area contributed by atoms with E-state index in [4.69, 9.17) is 9.15 Å². The van der Waals surface area contributed by atoms with Gasteiger partial charge in [-0.15, -0.1) is 0 Å². The standard InChI is InChI=1S/C27H20N2O5/c1-16-11-12-22-28-19(13-23(30)29(22)14-16)15-33-27(32)21-10-6-9-20-24(31)17(2)25(34-26(20)21)18-7-4-3-5-8-18/h3-14H,15H2,1-2H3. The van der Waals surface area contributed by atoms with E-state index in [-0.39, 0.29) is 28.7 Å². The maximum Gasteiger partial charge on any atom is 0.342 e. The molecule has 34 heavy (non-hydrogen) atoms. The molecule has 0 fully saturated rings. The zero-order chi connectivity index (χ0) is 23.8. The van der Waals surface area contributed by atoms with E-state index >= 15 is 0 Å². The summed E-state index contributed by atoms with van der Waals surface area (Å²) >= 11 is 0. The molecule has 7 nitrogen and oxygen atoms in total. The smallest absolute Gasteiger partial charge is 0.342 e. The molecule has 0 atom stereocenters. The lowest BCUT2D eigenvalue weighted by atomic mass is 10.0. The summed E-state index contributed by atoms with van der Waals surface area (Å²) in [6.07, 6.45) is 1.70. The van der Waals surface area contributed by atoms with Crippen LogP contribution in [-0.2, 0) is 11.3 Å². The lowest BCUT2D eigenvalue weighted by Crippen LogP contribution is -2.17. The van der Waals surface area contributed by atoms with Gasteiger partial charge in [0.25, 0.3) is 5.56 Å². The predicted molar refractivity (Wildman–Crippen MR) is 128 cm³/mol. The van der Waals surface area contributed by atoms with Crippen molar-refractivity contribution in [3.63, 3.8) is 0 Å². The summed E-state index contributed by atoms with van der Waals surface area (Å²) in [5, 5.41) is 0.295. The summed E-state index contributed by atoms with van der Waals surface area (Å²) in [5.41, 5.74) is 2.71. The number of carbonyl (C=O) groups is 1. The Hall–Kier alpha value is -4.52. The Morgan fingerprint density at radius 3 is 2.59 bits per heavy atom. The van der Waals surface area contributed by atoms with Gasteiger partial charge in [0.2, 0.25) is 0 Å². The van der Waals surface area contributed by atoms with Crippen LogP contribution in [0.15, 0.2) is 86.9 Å². The molecule has 0 aliphatic heterocycles. The van der Waals surface area contributed by atoms with Crippen molar-refractivity contribution in [3.05, 3.63) is 116 Å². The van der Waals surface area contributed by atoms with Gasteiger partial charge in [-0.25, -0.2) is 9.78 Å². The summed E-state index contributed by atoms with van der Waals surface area (Å²) < 4.78 is 13.0. The summed E-state index contributed by atoms with van der Waals surface area (Å²) in [6.45, 7) is 3.38. The number of benzene rings is 2. The van der Waals surface area contributed by atoms with Crippen molar-refractivity contribution in [1.29, 1.82) is 0 Å². The molecule has 0 N–H and O–H groups in total. The first-order chi connectivity index (χ1) is 16.4. The number of fused-ring (bicyclic) bond motifs is 2. The normalized spacial score (nSPS) is 11.1. The van der Waals surface area contributed by atoms with Crippen molar-refractivity contribution in [3.8, 4) is 11.3 Å². The minimum absolute atomic E-state index is 0.125. The van der Waals surface area contributed by atoms with Crippen LogP contribution in [0.1, 0.15) is 27.2 Å². The predicted octanol–water partition coefficient (Wildman–Crippen LogP) is 4.44. The highest BCUT2D eigenvalue weighted by Crippen LogP contribution is 2.27. The minimum atomic E-state index is -0.678. The number of nitrogens with zero attached hydrogens (tertiary/aromatic N) is 2. The van der Waals surface area contributed by atoms with Crippen molar-refractivity contribution < 1.29 is 13.9 Å². The van der Waals surface area contributed by atoms with Crippen molar-refractivity contribution in [2.45, 2.75) is 20.5 Å². The zero-order valence-electron chi connectivity index (χ0n) is 18.6. The second-order valence-electron chi connectivity index (χ2n) is 8.03. The van der Waals surface area contributed by atoms with Gasteiger partial charge < -0.3 is 9.15 Å². The molecule has 2 aromatic carbocycles. The van der Waals surface area contributed by atoms with Crippen LogP contribution in [0.25, 0.3) is 27.9 Å². The van der Waals surface area contributed by atoms with Crippen molar-refractivity contribution in [2.75, 3.05) is 0 Å². The molecule has 0 spiro atoms. The molecule has 0 radical (unpaired) electrons. The lowest BCUT2D eigenvalue weighted by Gasteiger charge is -2.10. The van der Waals surface area contributed by atoms with Gasteiger partial charge >= 0.3 is 5.97 Å². The van der Waals surface area contributed by atoms with Gasteiger partial charge in [-0.1, -0.05) is 42.5 Å². The molecule has 0 aliphatic carbocycles. The first kappa shape index (κ1) is 21.3. The van der Waals surface area contributed by atoms with E-state index in [0.717, 1.165) is 11.1 Å². The van der Waals surface area contributed by atoms with Crippen LogP contribution in [0, 0.1) is 13.8 Å². The first-order valence-electron chi connectivity index (χ1n) is 10.7. The van der Waals surface area contributed by atoms with Crippen molar-refractivity contribution >= 4 is 22.6 Å². The number of ether oxygens (including phenoxy) is 1. The van der Waals surface area contributed by atoms with Gasteiger partial charge in [-0.3, -0.25) is 14.0 Å². The first-order valence-corrected chi connectivity index (χ1v) is 10.7. The van der Waals surface area contributed by atoms with E-state index in [9.17, 15) is 14.4 Å². The average molecular weight is 452 g/mol. The molecule has 0 aliphatic rings. The van der Waals surface area contributed by atoms with Gasteiger partial charge in [-0.05, 0) is 37.6 Å². The van der Waals surface area contributed by atoms with Crippen LogP contribution in [0.4, 0.5) is 0 Å². The number of para-hydroxylation sites is 1. The minimum Gasteiger partial charge on any atom is -0.455 e. The molecule has 7 heteroatoms. The number of aromatic nitrogens is 2. The fraction of sp³-hybridized carbons (Fsp3) is 0.111. The third-order valence-electron chi connectivity index (χ3n) is 5.61. The molecule has 168 valence electrons. The number of pyridine rings is 1. The zero-order valence-corrected chi connectivity index (χ0v) is 18.6. The van der Waals surface area contributed by atoms with Crippen LogP contribution in [-0.4, -0.2) is 15.4 Å². The summed E-state index contributed by atoms with van der Waals surface area (Å²) in [5.74, 6) is -0.277. The Morgan fingerprint density at radius 1 is 1.00 bits per heavy atom. The van der Waals surface area contributed by atoms with E-state index in [2.05, 4.69) is 4.98 Å². The van der Waals surface area contributed by atoms with Gasteiger partial charge in [0.15, 0.2) is 11.0 Å². The summed E-state index contributed by atoms with van der Waals surface area (Å²) in [7, 11) is 0. The number of hydrogen-bond acceptors (Lipinski definition) is 6.